The van der Waals surface area contributed by atoms with Gasteiger partial charge in [0, 0.05) is 0 Å². The number of ether oxygens (including phenoxy) is 1. The lowest BCUT2D eigenvalue weighted by atomic mass is 10.0. The summed E-state index contributed by atoms with van der Waals surface area (Å²) in [5.41, 5.74) is -1.50. The zero-order valence-electron chi connectivity index (χ0n) is 9.12. The van der Waals surface area contributed by atoms with Gasteiger partial charge in [-0.3, -0.25) is 0 Å². The Morgan fingerprint density at radius 1 is 1.06 bits per heavy atom. The first kappa shape index (κ1) is 13.7. The molecule has 0 saturated carbocycles. The lowest BCUT2D eigenvalue weighted by Crippen LogP contribution is -2.17. The van der Waals surface area contributed by atoms with Gasteiger partial charge in [-0.1, -0.05) is 6.07 Å². The Hall–Kier alpha value is -2.41. The number of carboxylic acid groups (broad SMARTS) is 2. The van der Waals surface area contributed by atoms with E-state index in [2.05, 4.69) is 4.74 Å². The summed E-state index contributed by atoms with van der Waals surface area (Å²) in [7, 11) is 0. The van der Waals surface area contributed by atoms with Crippen LogP contribution in [-0.2, 0) is 4.74 Å². The van der Waals surface area contributed by atoms with Crippen molar-refractivity contribution >= 4 is 17.9 Å². The van der Waals surface area contributed by atoms with E-state index < -0.39 is 35.6 Å². The number of aliphatic hydroxyl groups is 1. The maximum atomic E-state index is 11.5. The molecule has 0 aliphatic rings. The molecule has 3 N–H and O–H groups in total. The molecule has 0 aliphatic carbocycles. The third-order valence-electron chi connectivity index (χ3n) is 2.05. The molecule has 1 rings (SSSR count). The highest BCUT2D eigenvalue weighted by Crippen LogP contribution is 2.16. The predicted octanol–water partition coefficient (Wildman–Crippen LogP) is 0.232. The van der Waals surface area contributed by atoms with Crippen molar-refractivity contribution in [2.24, 2.45) is 0 Å². The van der Waals surface area contributed by atoms with E-state index in [0.717, 1.165) is 12.1 Å². The summed E-state index contributed by atoms with van der Waals surface area (Å²) in [6.45, 7) is -0.706. The fourth-order valence-corrected chi connectivity index (χ4v) is 1.35. The van der Waals surface area contributed by atoms with Crippen molar-refractivity contribution in [2.45, 2.75) is 0 Å². The number of carbonyl (C=O) groups is 3. The van der Waals surface area contributed by atoms with E-state index in [1.54, 1.807) is 0 Å². The summed E-state index contributed by atoms with van der Waals surface area (Å²) in [5, 5.41) is 26.3. The van der Waals surface area contributed by atoms with Gasteiger partial charge in [0.2, 0.25) is 0 Å². The molecule has 0 aromatic heterocycles. The van der Waals surface area contributed by atoms with Crippen molar-refractivity contribution in [1.82, 2.24) is 0 Å². The molecule has 0 fully saturated rings. The van der Waals surface area contributed by atoms with Crippen LogP contribution in [0.15, 0.2) is 18.2 Å². The minimum Gasteiger partial charge on any atom is -0.478 e. The van der Waals surface area contributed by atoms with E-state index >= 15 is 0 Å². The Kier molecular flexibility index (Phi) is 4.39. The van der Waals surface area contributed by atoms with Crippen molar-refractivity contribution in [1.29, 1.82) is 0 Å². The molecule has 0 atom stereocenters. The summed E-state index contributed by atoms with van der Waals surface area (Å²) in [6, 6.07) is 3.47. The van der Waals surface area contributed by atoms with Crippen LogP contribution in [0.25, 0.3) is 0 Å². The van der Waals surface area contributed by atoms with Crippen molar-refractivity contribution in [2.75, 3.05) is 13.2 Å². The summed E-state index contributed by atoms with van der Waals surface area (Å²) < 4.78 is 4.56. The SMILES string of the molecule is O=C(O)c1cccc(C(=O)OCCO)c1C(=O)O. The molecule has 0 aliphatic heterocycles. The fraction of sp³-hybridized carbons (Fsp3) is 0.182. The Morgan fingerprint density at radius 2 is 1.67 bits per heavy atom. The number of carbonyl (C=O) groups excluding carboxylic acids is 1. The monoisotopic (exact) mass is 254 g/mol. The zero-order valence-corrected chi connectivity index (χ0v) is 9.12. The molecule has 0 spiro atoms. The molecule has 0 unspecified atom stereocenters. The highest BCUT2D eigenvalue weighted by atomic mass is 16.5. The zero-order chi connectivity index (χ0) is 13.7. The van der Waals surface area contributed by atoms with Crippen LogP contribution in [-0.4, -0.2) is 46.4 Å². The molecular formula is C11H10O7. The third-order valence-corrected chi connectivity index (χ3v) is 2.05. The van der Waals surface area contributed by atoms with E-state index in [9.17, 15) is 14.4 Å². The number of hydrogen-bond acceptors (Lipinski definition) is 5. The van der Waals surface area contributed by atoms with E-state index in [4.69, 9.17) is 15.3 Å². The molecule has 96 valence electrons. The van der Waals surface area contributed by atoms with Crippen molar-refractivity contribution < 1.29 is 34.4 Å². The number of benzene rings is 1. The topological polar surface area (TPSA) is 121 Å². The van der Waals surface area contributed by atoms with Gasteiger partial charge < -0.3 is 20.1 Å². The van der Waals surface area contributed by atoms with Crippen LogP contribution in [0.5, 0.6) is 0 Å². The maximum absolute atomic E-state index is 11.5. The first-order valence-electron chi connectivity index (χ1n) is 4.86. The number of aromatic carboxylic acids is 2. The second-order valence-electron chi connectivity index (χ2n) is 3.20. The Balaban J connectivity index is 3.27. The van der Waals surface area contributed by atoms with E-state index in [-0.39, 0.29) is 12.2 Å². The Labute approximate surface area is 101 Å². The predicted molar refractivity (Wildman–Crippen MR) is 57.7 cm³/mol. The number of aliphatic hydroxyl groups excluding tert-OH is 1. The molecule has 7 heteroatoms. The molecule has 1 aromatic rings. The molecule has 18 heavy (non-hydrogen) atoms. The van der Waals surface area contributed by atoms with Gasteiger partial charge in [0.1, 0.15) is 6.61 Å². The molecule has 0 radical (unpaired) electrons. The third kappa shape index (κ3) is 2.83. The van der Waals surface area contributed by atoms with Crippen LogP contribution < -0.4 is 0 Å². The van der Waals surface area contributed by atoms with Crippen LogP contribution >= 0.6 is 0 Å². The van der Waals surface area contributed by atoms with Crippen molar-refractivity contribution in [3.63, 3.8) is 0 Å². The number of carboxylic acids is 2. The van der Waals surface area contributed by atoms with Gasteiger partial charge in [-0.05, 0) is 12.1 Å². The van der Waals surface area contributed by atoms with Crippen LogP contribution in [0.2, 0.25) is 0 Å². The number of esters is 1. The number of hydrogen-bond donors (Lipinski definition) is 3. The lowest BCUT2D eigenvalue weighted by molar-refractivity contribution is 0.0426. The second kappa shape index (κ2) is 5.78. The van der Waals surface area contributed by atoms with Crippen LogP contribution in [0.4, 0.5) is 0 Å². The second-order valence-corrected chi connectivity index (χ2v) is 3.20. The Morgan fingerprint density at radius 3 is 2.17 bits per heavy atom. The maximum Gasteiger partial charge on any atom is 0.339 e. The number of rotatable bonds is 5. The van der Waals surface area contributed by atoms with Gasteiger partial charge in [0.25, 0.3) is 0 Å². The van der Waals surface area contributed by atoms with E-state index in [1.807, 2.05) is 0 Å². The summed E-state index contributed by atoms with van der Waals surface area (Å²) in [6.07, 6.45) is 0. The average molecular weight is 254 g/mol. The minimum absolute atomic E-state index is 0.296. The van der Waals surface area contributed by atoms with Crippen LogP contribution in [0.1, 0.15) is 31.1 Å². The molecule has 0 heterocycles. The normalized spacial score (nSPS) is 9.83. The quantitative estimate of drug-likeness (QED) is 0.643. The van der Waals surface area contributed by atoms with Gasteiger partial charge in [-0.25, -0.2) is 14.4 Å². The van der Waals surface area contributed by atoms with Gasteiger partial charge in [0.15, 0.2) is 0 Å². The fourth-order valence-electron chi connectivity index (χ4n) is 1.35. The molecule has 0 saturated heterocycles. The lowest BCUT2D eigenvalue weighted by Gasteiger charge is -2.08. The highest BCUT2D eigenvalue weighted by Gasteiger charge is 2.24. The van der Waals surface area contributed by atoms with Gasteiger partial charge >= 0.3 is 17.9 Å². The summed E-state index contributed by atoms with van der Waals surface area (Å²) in [4.78, 5) is 33.4. The highest BCUT2D eigenvalue weighted by molar-refractivity contribution is 6.09. The van der Waals surface area contributed by atoms with E-state index in [1.165, 1.54) is 6.07 Å². The molecule has 0 bridgehead atoms. The van der Waals surface area contributed by atoms with Crippen LogP contribution in [0.3, 0.4) is 0 Å². The van der Waals surface area contributed by atoms with Gasteiger partial charge in [0.05, 0.1) is 23.3 Å². The van der Waals surface area contributed by atoms with E-state index in [0.29, 0.717) is 0 Å². The summed E-state index contributed by atoms with van der Waals surface area (Å²) in [5.74, 6) is -3.99. The van der Waals surface area contributed by atoms with Crippen molar-refractivity contribution in [3.8, 4) is 0 Å². The average Bonchev–Trinajstić information content (AvgIpc) is 2.34. The van der Waals surface area contributed by atoms with Gasteiger partial charge in [-0.2, -0.15) is 0 Å². The Bertz CT molecular complexity index is 492. The smallest absolute Gasteiger partial charge is 0.339 e. The molecule has 0 amide bonds. The largest absolute Gasteiger partial charge is 0.478 e. The minimum atomic E-state index is -1.54. The first-order valence-corrected chi connectivity index (χ1v) is 4.86. The molecular weight excluding hydrogens is 244 g/mol. The summed E-state index contributed by atoms with van der Waals surface area (Å²) >= 11 is 0. The standard InChI is InChI=1S/C11H10O7/c12-4-5-18-11(17)7-3-1-2-6(9(13)14)8(7)10(15)16/h1-3,12H,4-5H2,(H,13,14)(H,15,16). The van der Waals surface area contributed by atoms with Crippen LogP contribution in [0, 0.1) is 0 Å². The first-order chi connectivity index (χ1) is 8.49. The van der Waals surface area contributed by atoms with Crippen molar-refractivity contribution in [3.05, 3.63) is 34.9 Å². The molecule has 7 nitrogen and oxygen atoms in total. The molecule has 1 aromatic carbocycles. The van der Waals surface area contributed by atoms with Gasteiger partial charge in [-0.15, -0.1) is 0 Å².